The number of para-hydroxylation sites is 1. The van der Waals surface area contributed by atoms with Gasteiger partial charge in [0.1, 0.15) is 18.8 Å². The highest BCUT2D eigenvalue weighted by molar-refractivity contribution is 6.36. The number of fused-ring (bicyclic) bond motifs is 2. The van der Waals surface area contributed by atoms with Gasteiger partial charge < -0.3 is 24.4 Å². The first-order valence-electron chi connectivity index (χ1n) is 10.2. The van der Waals surface area contributed by atoms with Crippen molar-refractivity contribution in [1.82, 2.24) is 14.9 Å². The van der Waals surface area contributed by atoms with E-state index in [4.69, 9.17) is 21.1 Å². The molecule has 2 aromatic carbocycles. The number of aromatic nitrogens is 2. The van der Waals surface area contributed by atoms with E-state index in [0.29, 0.717) is 59.4 Å². The molecule has 0 spiro atoms. The topological polar surface area (TPSA) is 88.0 Å². The fourth-order valence-corrected chi connectivity index (χ4v) is 4.69. The van der Waals surface area contributed by atoms with Crippen LogP contribution in [0.5, 0.6) is 17.2 Å². The van der Waals surface area contributed by atoms with Gasteiger partial charge in [-0.2, -0.15) is 0 Å². The van der Waals surface area contributed by atoms with Crippen LogP contribution in [-0.4, -0.2) is 65.3 Å². The molecule has 2 aliphatic heterocycles. The molecule has 9 heteroatoms. The molecule has 164 valence electrons. The number of carbonyl (C=O) groups is 1. The van der Waals surface area contributed by atoms with Gasteiger partial charge in [0, 0.05) is 30.8 Å². The molecular formula is C23H21ClN4O4. The van der Waals surface area contributed by atoms with Crippen LogP contribution in [0.15, 0.2) is 43.2 Å². The number of piperazine rings is 1. The monoisotopic (exact) mass is 452 g/mol. The molecule has 0 bridgehead atoms. The first-order valence-corrected chi connectivity index (χ1v) is 10.6. The zero-order chi connectivity index (χ0) is 22.4. The highest BCUT2D eigenvalue weighted by atomic mass is 35.5. The number of phenols is 1. The van der Waals surface area contributed by atoms with E-state index in [1.807, 2.05) is 6.07 Å². The molecular weight excluding hydrogens is 432 g/mol. The van der Waals surface area contributed by atoms with Crippen LogP contribution in [0, 0.1) is 0 Å². The second kappa shape index (κ2) is 7.87. The highest BCUT2D eigenvalue weighted by Crippen LogP contribution is 2.48. The van der Waals surface area contributed by atoms with Gasteiger partial charge in [0.25, 0.3) is 0 Å². The van der Waals surface area contributed by atoms with Crippen molar-refractivity contribution >= 4 is 34.2 Å². The summed E-state index contributed by atoms with van der Waals surface area (Å²) in [6.45, 7) is 5.57. The fraction of sp³-hybridized carbons (Fsp3) is 0.261. The predicted molar refractivity (Wildman–Crippen MR) is 122 cm³/mol. The van der Waals surface area contributed by atoms with Gasteiger partial charge >= 0.3 is 0 Å². The molecule has 0 unspecified atom stereocenters. The summed E-state index contributed by atoms with van der Waals surface area (Å²) in [5, 5.41) is 11.8. The molecule has 1 amide bonds. The third-order valence-corrected chi connectivity index (χ3v) is 6.35. The van der Waals surface area contributed by atoms with Crippen molar-refractivity contribution in [3.63, 3.8) is 0 Å². The van der Waals surface area contributed by atoms with Crippen LogP contribution in [0.3, 0.4) is 0 Å². The largest absolute Gasteiger partial charge is 0.504 e. The maximum absolute atomic E-state index is 12.1. The summed E-state index contributed by atoms with van der Waals surface area (Å²) in [5.41, 5.74) is 1.75. The Morgan fingerprint density at radius 2 is 2.19 bits per heavy atom. The Balaban J connectivity index is 1.65. The normalized spacial score (nSPS) is 17.4. The summed E-state index contributed by atoms with van der Waals surface area (Å²) in [6.07, 6.45) is 2.84. The third-order valence-electron chi connectivity index (χ3n) is 5.97. The van der Waals surface area contributed by atoms with Gasteiger partial charge in [0.05, 0.1) is 29.1 Å². The van der Waals surface area contributed by atoms with Crippen LogP contribution >= 0.6 is 11.6 Å². The van der Waals surface area contributed by atoms with Crippen molar-refractivity contribution < 1.29 is 19.4 Å². The van der Waals surface area contributed by atoms with Gasteiger partial charge in [-0.3, -0.25) is 4.79 Å². The Hall–Kier alpha value is -3.52. The molecule has 0 aliphatic carbocycles. The average Bonchev–Trinajstić information content (AvgIpc) is 2.99. The maximum Gasteiger partial charge on any atom is 0.246 e. The van der Waals surface area contributed by atoms with E-state index < -0.39 is 0 Å². The van der Waals surface area contributed by atoms with E-state index in [-0.39, 0.29) is 17.7 Å². The van der Waals surface area contributed by atoms with Crippen molar-refractivity contribution in [2.45, 2.75) is 6.04 Å². The lowest BCUT2D eigenvalue weighted by Gasteiger charge is -2.40. The smallest absolute Gasteiger partial charge is 0.246 e. The Bertz CT molecular complexity index is 1250. The van der Waals surface area contributed by atoms with Crippen LogP contribution in [0.4, 0.5) is 5.82 Å². The number of phenolic OH excluding ortho intramolecular Hbond substituents is 1. The van der Waals surface area contributed by atoms with E-state index in [0.717, 1.165) is 11.2 Å². The van der Waals surface area contributed by atoms with Gasteiger partial charge in [-0.05, 0) is 18.2 Å². The maximum atomic E-state index is 12.1. The summed E-state index contributed by atoms with van der Waals surface area (Å²) < 4.78 is 11.5. The first kappa shape index (κ1) is 20.4. The average molecular weight is 453 g/mol. The number of halogens is 1. The molecule has 1 fully saturated rings. The molecule has 5 rings (SSSR count). The van der Waals surface area contributed by atoms with Crippen molar-refractivity contribution in [3.05, 3.63) is 48.3 Å². The van der Waals surface area contributed by atoms with Crippen molar-refractivity contribution in [2.75, 3.05) is 38.3 Å². The molecule has 1 aromatic heterocycles. The molecule has 1 N–H and O–H groups in total. The lowest BCUT2D eigenvalue weighted by molar-refractivity contribution is -0.126. The number of benzene rings is 2. The van der Waals surface area contributed by atoms with Gasteiger partial charge in [0.2, 0.25) is 5.91 Å². The van der Waals surface area contributed by atoms with Crippen LogP contribution in [0.1, 0.15) is 0 Å². The Labute approximate surface area is 189 Å². The van der Waals surface area contributed by atoms with Crippen molar-refractivity contribution in [3.8, 4) is 28.4 Å². The van der Waals surface area contributed by atoms with Gasteiger partial charge in [-0.25, -0.2) is 9.97 Å². The molecule has 3 aromatic rings. The molecule has 0 saturated carbocycles. The zero-order valence-electron chi connectivity index (χ0n) is 17.4. The minimum Gasteiger partial charge on any atom is -0.504 e. The second-order valence-electron chi connectivity index (χ2n) is 7.66. The predicted octanol–water partition coefficient (Wildman–Crippen LogP) is 3.26. The Kier molecular flexibility index (Phi) is 5.01. The summed E-state index contributed by atoms with van der Waals surface area (Å²) in [4.78, 5) is 25.0. The van der Waals surface area contributed by atoms with Gasteiger partial charge in [0.15, 0.2) is 17.2 Å². The van der Waals surface area contributed by atoms with Crippen LogP contribution in [-0.2, 0) is 4.79 Å². The number of hydrogen-bond donors (Lipinski definition) is 1. The van der Waals surface area contributed by atoms with E-state index in [1.165, 1.54) is 19.5 Å². The number of anilines is 1. The van der Waals surface area contributed by atoms with Crippen LogP contribution < -0.4 is 14.4 Å². The number of rotatable bonds is 3. The number of carbonyl (C=O) groups excluding carboxylic acids is 1. The molecule has 1 atom stereocenters. The van der Waals surface area contributed by atoms with E-state index in [2.05, 4.69) is 21.4 Å². The SMILES string of the molecule is C=CC(=O)N1CCN2c3ncnc4cc(-c5cccc(OC)c5O)c(Cl)c(c34)OC[C@@H]2C1. The molecule has 1 saturated heterocycles. The fourth-order valence-electron chi connectivity index (χ4n) is 4.39. The molecule has 3 heterocycles. The molecule has 8 nitrogen and oxygen atoms in total. The van der Waals surface area contributed by atoms with Crippen molar-refractivity contribution in [2.24, 2.45) is 0 Å². The first-order chi connectivity index (χ1) is 15.5. The summed E-state index contributed by atoms with van der Waals surface area (Å²) in [5.74, 6) is 1.42. The number of hydrogen-bond acceptors (Lipinski definition) is 7. The second-order valence-corrected chi connectivity index (χ2v) is 8.04. The number of nitrogens with zero attached hydrogens (tertiary/aromatic N) is 4. The molecule has 0 radical (unpaired) electrons. The van der Waals surface area contributed by atoms with Gasteiger partial charge in [-0.1, -0.05) is 30.3 Å². The van der Waals surface area contributed by atoms with Gasteiger partial charge in [-0.15, -0.1) is 0 Å². The number of methoxy groups -OCH3 is 1. The van der Waals surface area contributed by atoms with Crippen LogP contribution in [0.25, 0.3) is 22.0 Å². The van der Waals surface area contributed by atoms with Crippen molar-refractivity contribution in [1.29, 1.82) is 0 Å². The number of aromatic hydroxyl groups is 1. The minimum atomic E-state index is -0.104. The van der Waals surface area contributed by atoms with Crippen LogP contribution in [0.2, 0.25) is 5.02 Å². The summed E-state index contributed by atoms with van der Waals surface area (Å²) >= 11 is 6.84. The number of amides is 1. The lowest BCUT2D eigenvalue weighted by Crippen LogP contribution is -2.56. The standard InChI is InChI=1S/C23H21ClN4O4/c1-3-18(29)27-7-8-28-13(10-27)11-32-22-19-16(25-12-26-23(19)28)9-15(20(22)24)14-5-4-6-17(31-2)21(14)30/h3-6,9,12-13,30H,1,7-8,10-11H2,2H3/t13-/m0/s1. The quantitative estimate of drug-likeness (QED) is 0.610. The lowest BCUT2D eigenvalue weighted by atomic mass is 10.0. The molecule has 2 aliphatic rings. The summed E-state index contributed by atoms with van der Waals surface area (Å²) in [6, 6.07) is 6.95. The van der Waals surface area contributed by atoms with E-state index in [9.17, 15) is 9.90 Å². The Morgan fingerprint density at radius 3 is 2.97 bits per heavy atom. The van der Waals surface area contributed by atoms with E-state index in [1.54, 1.807) is 23.1 Å². The molecule has 32 heavy (non-hydrogen) atoms. The zero-order valence-corrected chi connectivity index (χ0v) is 18.2. The minimum absolute atomic E-state index is 0.0117. The van der Waals surface area contributed by atoms with E-state index >= 15 is 0 Å². The third kappa shape index (κ3) is 3.10. The highest BCUT2D eigenvalue weighted by Gasteiger charge is 2.35. The Morgan fingerprint density at radius 1 is 1.34 bits per heavy atom. The summed E-state index contributed by atoms with van der Waals surface area (Å²) in [7, 11) is 1.49. The number of ether oxygens (including phenoxy) is 2.